The van der Waals surface area contributed by atoms with Gasteiger partial charge in [-0.1, -0.05) is 25.8 Å². The molecule has 1 aromatic rings. The van der Waals surface area contributed by atoms with Gasteiger partial charge < -0.3 is 14.8 Å². The van der Waals surface area contributed by atoms with Crippen LogP contribution in [0, 0.1) is 5.41 Å². The number of benzene rings is 1. The third kappa shape index (κ3) is 5.77. The fraction of sp³-hybridized carbons (Fsp3) is 0.556. The van der Waals surface area contributed by atoms with E-state index in [1.807, 2.05) is 6.07 Å². The lowest BCUT2D eigenvalue weighted by Crippen LogP contribution is -2.32. The molecule has 25 heavy (non-hydrogen) atoms. The highest BCUT2D eigenvalue weighted by Gasteiger charge is 2.28. The van der Waals surface area contributed by atoms with Crippen molar-refractivity contribution in [3.8, 4) is 11.5 Å². The molecule has 0 fully saturated rings. The number of methoxy groups -OCH3 is 2. The third-order valence-electron chi connectivity index (χ3n) is 3.88. The van der Waals surface area contributed by atoms with Crippen LogP contribution in [0.1, 0.15) is 45.6 Å². The second kappa shape index (κ2) is 9.46. The van der Waals surface area contributed by atoms with Gasteiger partial charge in [0.15, 0.2) is 11.5 Å². The Balaban J connectivity index is 3.16. The van der Waals surface area contributed by atoms with Crippen molar-refractivity contribution in [3.63, 3.8) is 0 Å². The molecule has 0 aliphatic heterocycles. The first-order chi connectivity index (χ1) is 11.8. The van der Waals surface area contributed by atoms with E-state index in [2.05, 4.69) is 12.2 Å². The van der Waals surface area contributed by atoms with Crippen LogP contribution in [0.25, 0.3) is 0 Å². The molecule has 0 unspecified atom stereocenters. The standard InChI is InChI=1S/C18H27NO5S/c1-6-7-8-9-13-10-11-14(16(24-5)15(13)23-4)19-17(20)18(2,3)12-25(21)22/h10-12H,6-9H2,1-5H3,(H,19,20). The van der Waals surface area contributed by atoms with E-state index in [0.29, 0.717) is 17.2 Å². The topological polar surface area (TPSA) is 81.7 Å². The molecule has 7 heteroatoms. The van der Waals surface area contributed by atoms with E-state index in [4.69, 9.17) is 9.47 Å². The molecular weight excluding hydrogens is 342 g/mol. The highest BCUT2D eigenvalue weighted by Crippen LogP contribution is 2.39. The van der Waals surface area contributed by atoms with Crippen molar-refractivity contribution in [2.75, 3.05) is 19.5 Å². The number of hydrogen-bond donors (Lipinski definition) is 1. The van der Waals surface area contributed by atoms with Crippen LogP contribution in [0.15, 0.2) is 12.1 Å². The summed E-state index contributed by atoms with van der Waals surface area (Å²) in [7, 11) is 0.641. The number of hydrogen-bond acceptors (Lipinski definition) is 5. The Morgan fingerprint density at radius 1 is 1.16 bits per heavy atom. The van der Waals surface area contributed by atoms with Crippen LogP contribution in [0.3, 0.4) is 0 Å². The molecule has 1 N–H and O–H groups in total. The molecule has 0 saturated heterocycles. The molecule has 0 radical (unpaired) electrons. The molecule has 1 aromatic carbocycles. The highest BCUT2D eigenvalue weighted by molar-refractivity contribution is 7.71. The molecule has 0 heterocycles. The molecule has 0 aromatic heterocycles. The lowest BCUT2D eigenvalue weighted by Gasteiger charge is -2.21. The summed E-state index contributed by atoms with van der Waals surface area (Å²) >= 11 is 0. The van der Waals surface area contributed by atoms with Crippen molar-refractivity contribution >= 4 is 27.3 Å². The minimum Gasteiger partial charge on any atom is -0.492 e. The van der Waals surface area contributed by atoms with Crippen LogP contribution < -0.4 is 14.8 Å². The van der Waals surface area contributed by atoms with Crippen LogP contribution in [0.2, 0.25) is 0 Å². The molecule has 0 saturated carbocycles. The number of carbonyl (C=O) groups excluding carboxylic acids is 1. The van der Waals surface area contributed by atoms with Gasteiger partial charge in [-0.15, -0.1) is 0 Å². The van der Waals surface area contributed by atoms with E-state index in [1.54, 1.807) is 13.2 Å². The van der Waals surface area contributed by atoms with Crippen molar-refractivity contribution in [3.05, 3.63) is 17.7 Å². The zero-order chi connectivity index (χ0) is 19.0. The first kappa shape index (κ1) is 21.0. The summed E-state index contributed by atoms with van der Waals surface area (Å²) in [5, 5.41) is 3.69. The predicted molar refractivity (Wildman–Crippen MR) is 100 cm³/mol. The summed E-state index contributed by atoms with van der Waals surface area (Å²) in [5.74, 6) is 0.574. The summed E-state index contributed by atoms with van der Waals surface area (Å²) in [6.07, 6.45) is 4.15. The zero-order valence-electron chi connectivity index (χ0n) is 15.5. The second-order valence-electron chi connectivity index (χ2n) is 6.35. The highest BCUT2D eigenvalue weighted by atomic mass is 32.2. The van der Waals surface area contributed by atoms with Crippen LogP contribution in [0.4, 0.5) is 5.69 Å². The fourth-order valence-electron chi connectivity index (χ4n) is 2.47. The molecule has 0 bridgehead atoms. The molecule has 1 rings (SSSR count). The van der Waals surface area contributed by atoms with E-state index in [-0.39, 0.29) is 0 Å². The van der Waals surface area contributed by atoms with Gasteiger partial charge in [0.1, 0.15) is 0 Å². The zero-order valence-corrected chi connectivity index (χ0v) is 16.3. The molecule has 0 aliphatic carbocycles. The van der Waals surface area contributed by atoms with Crippen LogP contribution in [-0.4, -0.2) is 33.9 Å². The Labute approximate surface area is 151 Å². The van der Waals surface area contributed by atoms with E-state index in [9.17, 15) is 13.2 Å². The number of unbranched alkanes of at least 4 members (excludes halogenated alkanes) is 2. The van der Waals surface area contributed by atoms with Gasteiger partial charge >= 0.3 is 0 Å². The Morgan fingerprint density at radius 2 is 1.80 bits per heavy atom. The smallest absolute Gasteiger partial charge is 0.234 e. The Bertz CT molecular complexity index is 730. The Kier molecular flexibility index (Phi) is 7.96. The molecule has 140 valence electrons. The Hall–Kier alpha value is -2.02. The van der Waals surface area contributed by atoms with Crippen molar-refractivity contribution in [1.29, 1.82) is 0 Å². The van der Waals surface area contributed by atoms with Gasteiger partial charge in [-0.25, -0.2) is 0 Å². The van der Waals surface area contributed by atoms with E-state index in [1.165, 1.54) is 21.0 Å². The third-order valence-corrected chi connectivity index (χ3v) is 4.66. The average Bonchev–Trinajstić information content (AvgIpc) is 2.54. The van der Waals surface area contributed by atoms with Crippen LogP contribution >= 0.6 is 0 Å². The minimum atomic E-state index is -2.43. The molecule has 0 aliphatic rings. The molecule has 0 spiro atoms. The quantitative estimate of drug-likeness (QED) is 0.534. The first-order valence-corrected chi connectivity index (χ1v) is 9.40. The molecule has 0 atom stereocenters. The molecular formula is C18H27NO5S. The van der Waals surface area contributed by atoms with Crippen LogP contribution in [-0.2, 0) is 21.5 Å². The number of carbonyl (C=O) groups is 1. The van der Waals surface area contributed by atoms with Gasteiger partial charge in [0.05, 0.1) is 30.7 Å². The van der Waals surface area contributed by atoms with E-state index >= 15 is 0 Å². The molecule has 1 amide bonds. The fourth-order valence-corrected chi connectivity index (χ4v) is 3.06. The summed E-state index contributed by atoms with van der Waals surface area (Å²) in [4.78, 5) is 12.4. The normalized spacial score (nSPS) is 10.9. The van der Waals surface area contributed by atoms with Gasteiger partial charge in [-0.2, -0.15) is 8.42 Å². The maximum absolute atomic E-state index is 12.4. The number of aryl methyl sites for hydroxylation is 1. The van der Waals surface area contributed by atoms with Gasteiger partial charge in [-0.05, 0) is 38.3 Å². The van der Waals surface area contributed by atoms with Crippen molar-refractivity contribution in [2.24, 2.45) is 5.41 Å². The SMILES string of the molecule is CCCCCc1ccc(NC(=O)C(C)(C)C=S(=O)=O)c(OC)c1OC. The van der Waals surface area contributed by atoms with Crippen molar-refractivity contribution in [1.82, 2.24) is 0 Å². The summed E-state index contributed by atoms with van der Waals surface area (Å²) in [5.41, 5.74) is 0.281. The van der Waals surface area contributed by atoms with Gasteiger partial charge in [0, 0.05) is 0 Å². The second-order valence-corrected chi connectivity index (χ2v) is 7.11. The number of ether oxygens (including phenoxy) is 2. The summed E-state index contributed by atoms with van der Waals surface area (Å²) in [6.45, 7) is 5.20. The number of anilines is 1. The number of amides is 1. The Morgan fingerprint density at radius 3 is 2.32 bits per heavy atom. The van der Waals surface area contributed by atoms with E-state index in [0.717, 1.165) is 36.6 Å². The summed E-state index contributed by atoms with van der Waals surface area (Å²) in [6, 6.07) is 3.65. The number of rotatable bonds is 9. The van der Waals surface area contributed by atoms with Gasteiger partial charge in [0.25, 0.3) is 0 Å². The van der Waals surface area contributed by atoms with Crippen molar-refractivity contribution in [2.45, 2.75) is 46.5 Å². The van der Waals surface area contributed by atoms with E-state index < -0.39 is 21.6 Å². The lowest BCUT2D eigenvalue weighted by molar-refractivity contribution is -0.120. The maximum Gasteiger partial charge on any atom is 0.234 e. The largest absolute Gasteiger partial charge is 0.492 e. The monoisotopic (exact) mass is 369 g/mol. The summed E-state index contributed by atoms with van der Waals surface area (Å²) < 4.78 is 32.7. The first-order valence-electron chi connectivity index (χ1n) is 8.26. The maximum atomic E-state index is 12.4. The van der Waals surface area contributed by atoms with Gasteiger partial charge in [-0.3, -0.25) is 4.79 Å². The van der Waals surface area contributed by atoms with Crippen molar-refractivity contribution < 1.29 is 22.7 Å². The van der Waals surface area contributed by atoms with Gasteiger partial charge in [0.2, 0.25) is 16.2 Å². The predicted octanol–water partition coefficient (Wildman–Crippen LogP) is 3.08. The van der Waals surface area contributed by atoms with Crippen LogP contribution in [0.5, 0.6) is 11.5 Å². The molecule has 6 nitrogen and oxygen atoms in total. The minimum absolute atomic E-state index is 0.434. The number of nitrogens with one attached hydrogen (secondary N) is 1. The lowest BCUT2D eigenvalue weighted by atomic mass is 9.95. The average molecular weight is 369 g/mol.